The van der Waals surface area contributed by atoms with E-state index in [-0.39, 0.29) is 12.1 Å². The van der Waals surface area contributed by atoms with E-state index < -0.39 is 52.7 Å². The molecule has 0 N–H and O–H groups in total. The standard InChI is InChI=1S/C14H11ClF7NO3/c1-7(24)23(11(25)26-2)10-4-3-9(5-8(10)6-15)12(16,13(17,18)19)14(20,21)22/h3-5H,6H2,1-2H3. The minimum atomic E-state index is -6.31. The SMILES string of the molecule is COC(=O)N(C(C)=O)c1ccc(C(F)(C(F)(F)F)C(F)(F)F)cc1CCl. The molecule has 1 aromatic carbocycles. The van der Waals surface area contributed by atoms with Gasteiger partial charge in [0, 0.05) is 18.4 Å². The van der Waals surface area contributed by atoms with E-state index >= 15 is 0 Å². The fourth-order valence-electron chi connectivity index (χ4n) is 2.10. The van der Waals surface area contributed by atoms with Crippen molar-refractivity contribution in [2.24, 2.45) is 0 Å². The molecule has 0 heterocycles. The molecule has 0 bridgehead atoms. The normalized spacial score (nSPS) is 12.7. The lowest BCUT2D eigenvalue weighted by Crippen LogP contribution is -2.50. The Balaban J connectivity index is 3.67. The Kier molecular flexibility index (Phi) is 6.17. The highest BCUT2D eigenvalue weighted by Crippen LogP contribution is 2.53. The first kappa shape index (κ1) is 22.0. The summed E-state index contributed by atoms with van der Waals surface area (Å²) in [6.07, 6.45) is -13.9. The maximum atomic E-state index is 14.1. The topological polar surface area (TPSA) is 46.6 Å². The average Bonchev–Trinajstić information content (AvgIpc) is 2.51. The Morgan fingerprint density at radius 3 is 1.92 bits per heavy atom. The zero-order chi connectivity index (χ0) is 20.5. The number of amides is 2. The van der Waals surface area contributed by atoms with E-state index in [0.717, 1.165) is 14.0 Å². The van der Waals surface area contributed by atoms with Gasteiger partial charge in [0.15, 0.2) is 0 Å². The van der Waals surface area contributed by atoms with E-state index in [1.165, 1.54) is 0 Å². The number of nitrogens with zero attached hydrogens (tertiary/aromatic N) is 1. The third-order valence-electron chi connectivity index (χ3n) is 3.32. The average molecular weight is 410 g/mol. The first-order valence-corrected chi connectivity index (χ1v) is 7.16. The molecule has 0 radical (unpaired) electrons. The van der Waals surface area contributed by atoms with Gasteiger partial charge in [0.1, 0.15) is 0 Å². The van der Waals surface area contributed by atoms with Crippen molar-refractivity contribution >= 4 is 29.3 Å². The van der Waals surface area contributed by atoms with Crippen LogP contribution in [0.3, 0.4) is 0 Å². The summed E-state index contributed by atoms with van der Waals surface area (Å²) in [5, 5.41) is 0. The monoisotopic (exact) mass is 409 g/mol. The Morgan fingerprint density at radius 1 is 1.08 bits per heavy atom. The van der Waals surface area contributed by atoms with Crippen LogP contribution in [0.25, 0.3) is 0 Å². The molecule has 0 aromatic heterocycles. The fourth-order valence-corrected chi connectivity index (χ4v) is 2.31. The Labute approximate surface area is 147 Å². The molecular weight excluding hydrogens is 399 g/mol. The van der Waals surface area contributed by atoms with Gasteiger partial charge in [0.05, 0.1) is 12.8 Å². The highest BCUT2D eigenvalue weighted by Gasteiger charge is 2.73. The molecule has 0 unspecified atom stereocenters. The fraction of sp³-hybridized carbons (Fsp3) is 0.429. The van der Waals surface area contributed by atoms with Crippen LogP contribution in [0, 0.1) is 0 Å². The molecule has 26 heavy (non-hydrogen) atoms. The summed E-state index contributed by atoms with van der Waals surface area (Å²) in [5.74, 6) is -1.66. The Morgan fingerprint density at radius 2 is 1.58 bits per heavy atom. The van der Waals surface area contributed by atoms with Crippen molar-refractivity contribution in [1.82, 2.24) is 0 Å². The van der Waals surface area contributed by atoms with Crippen LogP contribution in [0.5, 0.6) is 0 Å². The number of carbonyl (C=O) groups is 2. The van der Waals surface area contributed by atoms with E-state index in [4.69, 9.17) is 11.6 Å². The van der Waals surface area contributed by atoms with Crippen molar-refractivity contribution in [1.29, 1.82) is 0 Å². The molecule has 0 saturated heterocycles. The lowest BCUT2D eigenvalue weighted by Gasteiger charge is -2.31. The van der Waals surface area contributed by atoms with Crippen LogP contribution in [0.2, 0.25) is 0 Å². The summed E-state index contributed by atoms with van der Waals surface area (Å²) in [7, 11) is 0.896. The number of ether oxygens (including phenoxy) is 1. The highest BCUT2D eigenvalue weighted by atomic mass is 35.5. The number of benzene rings is 1. The molecule has 0 spiro atoms. The van der Waals surface area contributed by atoms with Crippen LogP contribution in [0.4, 0.5) is 41.2 Å². The molecule has 2 amide bonds. The first-order valence-electron chi connectivity index (χ1n) is 6.62. The first-order chi connectivity index (χ1) is 11.7. The van der Waals surface area contributed by atoms with Gasteiger partial charge in [0.2, 0.25) is 5.91 Å². The molecule has 1 rings (SSSR count). The zero-order valence-electron chi connectivity index (χ0n) is 13.1. The van der Waals surface area contributed by atoms with Crippen molar-refractivity contribution in [2.75, 3.05) is 12.0 Å². The molecule has 0 aliphatic carbocycles. The maximum Gasteiger partial charge on any atom is 0.435 e. The molecule has 1 aromatic rings. The van der Waals surface area contributed by atoms with Gasteiger partial charge in [-0.3, -0.25) is 4.79 Å². The third kappa shape index (κ3) is 3.71. The van der Waals surface area contributed by atoms with E-state index in [0.29, 0.717) is 11.0 Å². The molecular formula is C14H11ClF7NO3. The second kappa shape index (κ2) is 7.29. The Bertz CT molecular complexity index is 689. The second-order valence-electron chi connectivity index (χ2n) is 4.96. The summed E-state index contributed by atoms with van der Waals surface area (Å²) < 4.78 is 95.4. The summed E-state index contributed by atoms with van der Waals surface area (Å²) in [4.78, 5) is 23.5. The number of hydrogen-bond acceptors (Lipinski definition) is 3. The number of halogens is 8. The quantitative estimate of drug-likeness (QED) is 0.530. The van der Waals surface area contributed by atoms with Crippen LogP contribution in [0.1, 0.15) is 18.1 Å². The number of imide groups is 1. The van der Waals surface area contributed by atoms with Gasteiger partial charge in [0.25, 0.3) is 0 Å². The largest absolute Gasteiger partial charge is 0.452 e. The number of methoxy groups -OCH3 is 1. The van der Waals surface area contributed by atoms with Gasteiger partial charge < -0.3 is 4.74 Å². The van der Waals surface area contributed by atoms with Crippen molar-refractivity contribution < 1.29 is 45.1 Å². The van der Waals surface area contributed by atoms with E-state index in [2.05, 4.69) is 4.74 Å². The number of carbonyl (C=O) groups excluding carboxylic acids is 2. The Hall–Kier alpha value is -2.04. The van der Waals surface area contributed by atoms with E-state index in [1.807, 2.05) is 0 Å². The van der Waals surface area contributed by atoms with Gasteiger partial charge in [-0.15, -0.1) is 11.6 Å². The second-order valence-corrected chi connectivity index (χ2v) is 5.22. The van der Waals surface area contributed by atoms with Gasteiger partial charge in [-0.1, -0.05) is 6.07 Å². The molecule has 4 nitrogen and oxygen atoms in total. The van der Waals surface area contributed by atoms with Crippen molar-refractivity contribution in [3.05, 3.63) is 29.3 Å². The maximum absolute atomic E-state index is 14.1. The lowest BCUT2D eigenvalue weighted by molar-refractivity contribution is -0.348. The number of alkyl halides is 8. The zero-order valence-corrected chi connectivity index (χ0v) is 13.9. The summed E-state index contributed by atoms with van der Waals surface area (Å²) in [5.41, 5.74) is -8.40. The van der Waals surface area contributed by atoms with Gasteiger partial charge in [-0.2, -0.15) is 26.3 Å². The molecule has 12 heteroatoms. The predicted octanol–water partition coefficient (Wildman–Crippen LogP) is 4.83. The van der Waals surface area contributed by atoms with Gasteiger partial charge in [-0.25, -0.2) is 14.1 Å². The molecule has 0 fully saturated rings. The number of rotatable bonds is 3. The third-order valence-corrected chi connectivity index (χ3v) is 3.60. The van der Waals surface area contributed by atoms with Crippen molar-refractivity contribution in [2.45, 2.75) is 30.8 Å². The van der Waals surface area contributed by atoms with E-state index in [9.17, 15) is 40.3 Å². The molecule has 146 valence electrons. The number of hydrogen-bond donors (Lipinski definition) is 0. The van der Waals surface area contributed by atoms with Crippen LogP contribution < -0.4 is 4.90 Å². The van der Waals surface area contributed by atoms with Gasteiger partial charge in [-0.05, 0) is 17.7 Å². The lowest BCUT2D eigenvalue weighted by atomic mass is 9.92. The van der Waals surface area contributed by atoms with Crippen molar-refractivity contribution in [3.63, 3.8) is 0 Å². The van der Waals surface area contributed by atoms with Gasteiger partial charge >= 0.3 is 24.1 Å². The molecule has 0 aliphatic rings. The highest BCUT2D eigenvalue weighted by molar-refractivity contribution is 6.18. The van der Waals surface area contributed by atoms with Crippen LogP contribution in [-0.4, -0.2) is 31.5 Å². The van der Waals surface area contributed by atoms with Crippen LogP contribution in [0.15, 0.2) is 18.2 Å². The van der Waals surface area contributed by atoms with E-state index in [1.54, 1.807) is 0 Å². The molecule has 0 saturated carbocycles. The minimum absolute atomic E-state index is 0.172. The summed E-state index contributed by atoms with van der Waals surface area (Å²) >= 11 is 5.50. The smallest absolute Gasteiger partial charge is 0.435 e. The molecule has 0 atom stereocenters. The van der Waals surface area contributed by atoms with Crippen molar-refractivity contribution in [3.8, 4) is 0 Å². The minimum Gasteiger partial charge on any atom is -0.452 e. The number of anilines is 1. The van der Waals surface area contributed by atoms with Crippen LogP contribution >= 0.6 is 11.6 Å². The molecule has 0 aliphatic heterocycles. The summed E-state index contributed by atoms with van der Waals surface area (Å²) in [6, 6.07) is 0.921. The summed E-state index contributed by atoms with van der Waals surface area (Å²) in [6.45, 7) is 0.897. The van der Waals surface area contributed by atoms with Crippen LogP contribution in [-0.2, 0) is 21.1 Å². The predicted molar refractivity (Wildman–Crippen MR) is 76.5 cm³/mol.